The zero-order valence-corrected chi connectivity index (χ0v) is 14.8. The van der Waals surface area contributed by atoms with E-state index in [4.69, 9.17) is 11.6 Å². The van der Waals surface area contributed by atoms with Gasteiger partial charge in [0.05, 0.1) is 22.5 Å². The van der Waals surface area contributed by atoms with Crippen LogP contribution in [0.2, 0.25) is 5.02 Å². The van der Waals surface area contributed by atoms with Crippen molar-refractivity contribution in [3.63, 3.8) is 0 Å². The Hall–Kier alpha value is -2.40. The summed E-state index contributed by atoms with van der Waals surface area (Å²) in [5, 5.41) is 24.1. The Morgan fingerprint density at radius 3 is 2.73 bits per heavy atom. The molecule has 1 aromatic carbocycles. The summed E-state index contributed by atoms with van der Waals surface area (Å²) >= 11 is 7.41. The van der Waals surface area contributed by atoms with Gasteiger partial charge in [0.2, 0.25) is 0 Å². The first-order valence-electron chi connectivity index (χ1n) is 7.63. The Morgan fingerprint density at radius 2 is 1.96 bits per heavy atom. The molecule has 3 heterocycles. The first-order valence-corrected chi connectivity index (χ1v) is 8.82. The lowest BCUT2D eigenvalue weighted by molar-refractivity contribution is 0.403. The molecule has 0 saturated heterocycles. The number of hydrogen-bond acceptors (Lipinski definition) is 8. The first-order chi connectivity index (χ1) is 12.5. The molecule has 0 aliphatic rings. The molecule has 4 aromatic rings. The second-order valence-corrected chi connectivity index (χ2v) is 7.12. The van der Waals surface area contributed by atoms with Crippen molar-refractivity contribution in [2.24, 2.45) is 0 Å². The third-order valence-corrected chi connectivity index (χ3v) is 4.96. The van der Waals surface area contributed by atoms with Crippen LogP contribution in [0, 0.1) is 0 Å². The molecule has 2 N–H and O–H groups in total. The van der Waals surface area contributed by atoms with E-state index < -0.39 is 12.7 Å². The van der Waals surface area contributed by atoms with E-state index in [1.54, 1.807) is 12.1 Å². The topological polar surface area (TPSA) is 114 Å². The van der Waals surface area contributed by atoms with Crippen molar-refractivity contribution in [1.29, 1.82) is 0 Å². The van der Waals surface area contributed by atoms with Crippen molar-refractivity contribution in [2.45, 2.75) is 12.9 Å². The summed E-state index contributed by atoms with van der Waals surface area (Å²) in [6.45, 7) is 0.136. The molecule has 0 spiro atoms. The monoisotopic (exact) mass is 387 g/mol. The Kier molecular flexibility index (Phi) is 4.41. The number of nitrogens with zero attached hydrogens (tertiary/aromatic N) is 5. The molecule has 0 atom stereocenters. The average Bonchev–Trinajstić information content (AvgIpc) is 3.00. The second-order valence-electron chi connectivity index (χ2n) is 5.57. The van der Waals surface area contributed by atoms with Gasteiger partial charge < -0.3 is 10.0 Å². The highest BCUT2D eigenvalue weighted by Crippen LogP contribution is 2.25. The average molecular weight is 388 g/mol. The largest absolute Gasteiger partial charge is 0.457 e. The van der Waals surface area contributed by atoms with Crippen LogP contribution in [0.3, 0.4) is 0 Å². The van der Waals surface area contributed by atoms with Gasteiger partial charge in [0.15, 0.2) is 5.52 Å². The van der Waals surface area contributed by atoms with E-state index in [1.165, 1.54) is 28.4 Å². The second kappa shape index (κ2) is 6.73. The smallest absolute Gasteiger partial charge is 0.427 e. The number of rotatable bonds is 4. The number of aromatic nitrogens is 5. The predicted molar refractivity (Wildman–Crippen MR) is 99.2 cm³/mol. The number of fused-ring (bicyclic) bond motifs is 2. The van der Waals surface area contributed by atoms with Gasteiger partial charge in [-0.05, 0) is 18.2 Å². The van der Waals surface area contributed by atoms with Gasteiger partial charge in [0.25, 0.3) is 5.56 Å². The normalized spacial score (nSPS) is 11.3. The Labute approximate surface area is 155 Å². The molecule has 11 heteroatoms. The fraction of sp³-hybridized carbons (Fsp3) is 0.133. The number of benzene rings is 1. The summed E-state index contributed by atoms with van der Waals surface area (Å²) in [4.78, 5) is 25.3. The summed E-state index contributed by atoms with van der Waals surface area (Å²) in [6, 6.07) is 5.41. The van der Waals surface area contributed by atoms with Crippen LogP contribution in [0.5, 0.6) is 0 Å². The molecular formula is C15H11BClN5O3S. The molecule has 0 unspecified atom stereocenters. The van der Waals surface area contributed by atoms with Crippen LogP contribution in [0.15, 0.2) is 35.4 Å². The van der Waals surface area contributed by atoms with Crippen LogP contribution in [0.1, 0.15) is 10.7 Å². The molecule has 0 fully saturated rings. The zero-order valence-electron chi connectivity index (χ0n) is 13.2. The van der Waals surface area contributed by atoms with Crippen LogP contribution in [0.25, 0.3) is 21.3 Å². The zero-order chi connectivity index (χ0) is 18.3. The summed E-state index contributed by atoms with van der Waals surface area (Å²) < 4.78 is 2.16. The number of hydrogen-bond donors (Lipinski definition) is 2. The maximum absolute atomic E-state index is 12.7. The number of halogens is 1. The minimum atomic E-state index is -1.61. The van der Waals surface area contributed by atoms with Crippen molar-refractivity contribution in [2.75, 3.05) is 0 Å². The van der Waals surface area contributed by atoms with Crippen molar-refractivity contribution in [1.82, 2.24) is 24.7 Å². The van der Waals surface area contributed by atoms with E-state index in [2.05, 4.69) is 20.1 Å². The Bertz CT molecular complexity index is 1180. The van der Waals surface area contributed by atoms with Gasteiger partial charge in [0.1, 0.15) is 10.5 Å². The third-order valence-electron chi connectivity index (χ3n) is 3.70. The van der Waals surface area contributed by atoms with Crippen LogP contribution >= 0.6 is 22.9 Å². The van der Waals surface area contributed by atoms with E-state index in [9.17, 15) is 14.8 Å². The van der Waals surface area contributed by atoms with E-state index in [0.29, 0.717) is 10.0 Å². The molecule has 0 radical (unpaired) electrons. The minimum absolute atomic E-state index is 0.127. The highest BCUT2D eigenvalue weighted by atomic mass is 35.5. The number of thiazole rings is 1. The third kappa shape index (κ3) is 3.19. The standard InChI is InChI=1S/C15H11BClN5O3S/c17-8-1-2-11-9(5-8)20-12(26-11)7-22-15(23)14-13(18-3-4-19-14)10(21-22)6-16(24)25/h1-5,24-25H,6-7H2. The van der Waals surface area contributed by atoms with Crippen LogP contribution in [-0.4, -0.2) is 41.9 Å². The van der Waals surface area contributed by atoms with Gasteiger partial charge in [-0.3, -0.25) is 9.78 Å². The first kappa shape index (κ1) is 17.0. The summed E-state index contributed by atoms with van der Waals surface area (Å²) in [5.41, 5.74) is 1.01. The molecule has 0 aliphatic carbocycles. The molecule has 0 amide bonds. The Morgan fingerprint density at radius 1 is 1.19 bits per heavy atom. The highest BCUT2D eigenvalue weighted by molar-refractivity contribution is 7.18. The van der Waals surface area contributed by atoms with Crippen molar-refractivity contribution >= 4 is 51.3 Å². The highest BCUT2D eigenvalue weighted by Gasteiger charge is 2.18. The fourth-order valence-corrected chi connectivity index (χ4v) is 3.72. The van der Waals surface area contributed by atoms with Crippen molar-refractivity contribution < 1.29 is 10.0 Å². The van der Waals surface area contributed by atoms with Gasteiger partial charge in [-0.2, -0.15) is 5.10 Å². The molecular weight excluding hydrogens is 377 g/mol. The lowest BCUT2D eigenvalue weighted by Crippen LogP contribution is -2.28. The van der Waals surface area contributed by atoms with Crippen molar-refractivity contribution in [3.05, 3.63) is 56.7 Å². The molecule has 130 valence electrons. The molecule has 26 heavy (non-hydrogen) atoms. The van der Waals surface area contributed by atoms with E-state index in [0.717, 1.165) is 10.2 Å². The van der Waals surface area contributed by atoms with E-state index in [1.807, 2.05) is 6.07 Å². The minimum Gasteiger partial charge on any atom is -0.427 e. The van der Waals surface area contributed by atoms with Gasteiger partial charge >= 0.3 is 7.12 Å². The summed E-state index contributed by atoms with van der Waals surface area (Å²) in [5.74, 6) is 0. The molecule has 4 rings (SSSR count). The van der Waals surface area contributed by atoms with Crippen LogP contribution in [0.4, 0.5) is 0 Å². The van der Waals surface area contributed by atoms with Gasteiger partial charge in [-0.15, -0.1) is 11.3 Å². The SMILES string of the molecule is O=c1c2nccnc2c(CB(O)O)nn1Cc1nc2cc(Cl)ccc2s1. The summed E-state index contributed by atoms with van der Waals surface area (Å²) in [7, 11) is -1.61. The quantitative estimate of drug-likeness (QED) is 0.503. The molecule has 8 nitrogen and oxygen atoms in total. The lowest BCUT2D eigenvalue weighted by atomic mass is 9.84. The van der Waals surface area contributed by atoms with Crippen molar-refractivity contribution in [3.8, 4) is 0 Å². The van der Waals surface area contributed by atoms with Gasteiger partial charge in [-0.1, -0.05) is 11.6 Å². The van der Waals surface area contributed by atoms with E-state index >= 15 is 0 Å². The maximum atomic E-state index is 12.7. The summed E-state index contributed by atoms with van der Waals surface area (Å²) in [6.07, 6.45) is 2.68. The molecule has 0 aliphatic heterocycles. The lowest BCUT2D eigenvalue weighted by Gasteiger charge is -2.08. The van der Waals surface area contributed by atoms with E-state index in [-0.39, 0.29) is 29.6 Å². The maximum Gasteiger partial charge on any atom is 0.457 e. The predicted octanol–water partition coefficient (Wildman–Crippen LogP) is 1.05. The van der Waals surface area contributed by atoms with Crippen LogP contribution in [-0.2, 0) is 12.9 Å². The van der Waals surface area contributed by atoms with Gasteiger partial charge in [-0.25, -0.2) is 14.6 Å². The molecule has 0 saturated carbocycles. The Balaban J connectivity index is 1.82. The molecule has 3 aromatic heterocycles. The van der Waals surface area contributed by atoms with Crippen LogP contribution < -0.4 is 5.56 Å². The van der Waals surface area contributed by atoms with Gasteiger partial charge in [0, 0.05) is 23.7 Å². The molecule has 0 bridgehead atoms. The fourth-order valence-electron chi connectivity index (χ4n) is 2.63.